The molecule has 8 nitrogen and oxygen atoms in total. The Morgan fingerprint density at radius 2 is 1.84 bits per heavy atom. The minimum absolute atomic E-state index is 0.170. The second-order valence-corrected chi connectivity index (χ2v) is 9.52. The lowest BCUT2D eigenvalue weighted by Gasteiger charge is -2.38. The van der Waals surface area contributed by atoms with Crippen molar-refractivity contribution in [3.63, 3.8) is 0 Å². The van der Waals surface area contributed by atoms with Gasteiger partial charge in [0, 0.05) is 11.5 Å². The summed E-state index contributed by atoms with van der Waals surface area (Å²) >= 11 is 0. The lowest BCUT2D eigenvalue weighted by Crippen LogP contribution is -2.57. The normalized spacial score (nSPS) is 18.5. The molecule has 32 heavy (non-hydrogen) atoms. The van der Waals surface area contributed by atoms with Gasteiger partial charge in [0.15, 0.2) is 0 Å². The van der Waals surface area contributed by atoms with Crippen LogP contribution in [0.15, 0.2) is 29.4 Å². The van der Waals surface area contributed by atoms with Gasteiger partial charge in [0.05, 0.1) is 18.0 Å². The summed E-state index contributed by atoms with van der Waals surface area (Å²) in [5, 5.41) is 5.87. The van der Waals surface area contributed by atoms with Crippen molar-refractivity contribution in [3.05, 3.63) is 29.8 Å². The molecule has 0 spiro atoms. The number of nitrogens with two attached hydrogens (primary N) is 1. The smallest absolute Gasteiger partial charge is 0.346 e. The van der Waals surface area contributed by atoms with Crippen molar-refractivity contribution < 1.29 is 19.1 Å². The average Bonchev–Trinajstić information content (AvgIpc) is 2.84. The Morgan fingerprint density at radius 1 is 1.19 bits per heavy atom. The zero-order valence-corrected chi connectivity index (χ0v) is 19.5. The number of anilines is 1. The van der Waals surface area contributed by atoms with Gasteiger partial charge in [-0.2, -0.15) is 5.10 Å². The molecule has 3 rings (SSSR count). The summed E-state index contributed by atoms with van der Waals surface area (Å²) < 4.78 is 5.09. The molecule has 2 aliphatic rings. The van der Waals surface area contributed by atoms with E-state index in [1.807, 2.05) is 45.0 Å². The standard InChI is InChI=1S/C24H34N4O4/c1-5-32-19(29)15-27-23(31)28(21(22(25)30)24(2,3)4)18-14-10-9-13-17(18)20(26-27)16-11-7-6-8-12-16/h9-10,13-14,16,21H,5-8,11-12,15H2,1-4H3,(H2,25,30). The van der Waals surface area contributed by atoms with E-state index in [1.54, 1.807) is 6.92 Å². The fraction of sp³-hybridized carbons (Fsp3) is 0.583. The van der Waals surface area contributed by atoms with E-state index in [-0.39, 0.29) is 19.1 Å². The predicted octanol–water partition coefficient (Wildman–Crippen LogP) is 3.68. The fourth-order valence-corrected chi connectivity index (χ4v) is 4.65. The number of urea groups is 1. The summed E-state index contributed by atoms with van der Waals surface area (Å²) in [5.74, 6) is -0.994. The highest BCUT2D eigenvalue weighted by Gasteiger charge is 2.44. The Kier molecular flexibility index (Phi) is 7.21. The van der Waals surface area contributed by atoms with E-state index in [0.717, 1.165) is 42.0 Å². The van der Waals surface area contributed by atoms with Crippen molar-refractivity contribution in [2.75, 3.05) is 18.1 Å². The number of rotatable bonds is 6. The quantitative estimate of drug-likeness (QED) is 0.679. The molecule has 1 saturated carbocycles. The number of carbonyl (C=O) groups is 3. The molecule has 1 aliphatic heterocycles. The summed E-state index contributed by atoms with van der Waals surface area (Å²) in [4.78, 5) is 40.2. The number of ether oxygens (including phenoxy) is 1. The third-order valence-corrected chi connectivity index (χ3v) is 6.02. The molecule has 1 aromatic carbocycles. The predicted molar refractivity (Wildman–Crippen MR) is 123 cm³/mol. The molecule has 0 aromatic heterocycles. The second kappa shape index (κ2) is 9.71. The van der Waals surface area contributed by atoms with Crippen molar-refractivity contribution in [1.82, 2.24) is 5.01 Å². The van der Waals surface area contributed by atoms with E-state index in [1.165, 1.54) is 11.3 Å². The number of nitrogens with zero attached hydrogens (tertiary/aromatic N) is 3. The molecule has 1 aromatic rings. The molecule has 1 fully saturated rings. The van der Waals surface area contributed by atoms with Gasteiger partial charge in [-0.25, -0.2) is 9.80 Å². The van der Waals surface area contributed by atoms with E-state index in [2.05, 4.69) is 0 Å². The van der Waals surface area contributed by atoms with Crippen LogP contribution in [0.3, 0.4) is 0 Å². The summed E-state index contributed by atoms with van der Waals surface area (Å²) in [6.07, 6.45) is 5.29. The third-order valence-electron chi connectivity index (χ3n) is 6.02. The van der Waals surface area contributed by atoms with Gasteiger partial charge in [-0.1, -0.05) is 58.2 Å². The van der Waals surface area contributed by atoms with Gasteiger partial charge in [-0.05, 0) is 31.2 Å². The number of hydrogen-bond donors (Lipinski definition) is 1. The minimum Gasteiger partial charge on any atom is -0.465 e. The third kappa shape index (κ3) is 4.95. The summed E-state index contributed by atoms with van der Waals surface area (Å²) in [5.41, 5.74) is 7.34. The molecule has 3 amide bonds. The number of benzene rings is 1. The number of para-hydroxylation sites is 1. The first-order valence-electron chi connectivity index (χ1n) is 11.4. The maximum atomic E-state index is 13.8. The lowest BCUT2D eigenvalue weighted by molar-refractivity contribution is -0.143. The molecule has 1 unspecified atom stereocenters. The summed E-state index contributed by atoms with van der Waals surface area (Å²) in [6.45, 7) is 7.17. The average molecular weight is 443 g/mol. The summed E-state index contributed by atoms with van der Waals surface area (Å²) in [7, 11) is 0. The molecular formula is C24H34N4O4. The van der Waals surface area contributed by atoms with E-state index in [9.17, 15) is 14.4 Å². The molecule has 0 bridgehead atoms. The molecule has 0 saturated heterocycles. The van der Waals surface area contributed by atoms with Gasteiger partial charge >= 0.3 is 12.0 Å². The molecule has 1 heterocycles. The molecule has 0 radical (unpaired) electrons. The van der Waals surface area contributed by atoms with Crippen molar-refractivity contribution in [1.29, 1.82) is 0 Å². The zero-order valence-electron chi connectivity index (χ0n) is 19.5. The Morgan fingerprint density at radius 3 is 2.44 bits per heavy atom. The zero-order chi connectivity index (χ0) is 23.5. The van der Waals surface area contributed by atoms with Crippen LogP contribution >= 0.6 is 0 Å². The number of fused-ring (bicyclic) bond motifs is 1. The van der Waals surface area contributed by atoms with Gasteiger partial charge in [0.2, 0.25) is 5.91 Å². The van der Waals surface area contributed by atoms with Crippen LogP contribution in [0.4, 0.5) is 10.5 Å². The van der Waals surface area contributed by atoms with Gasteiger partial charge in [-0.3, -0.25) is 14.5 Å². The highest BCUT2D eigenvalue weighted by molar-refractivity contribution is 6.13. The summed E-state index contributed by atoms with van der Waals surface area (Å²) in [6, 6.07) is 5.99. The van der Waals surface area contributed by atoms with Crippen LogP contribution in [0.25, 0.3) is 0 Å². The Balaban J connectivity index is 2.18. The van der Waals surface area contributed by atoms with Crippen LogP contribution in [-0.4, -0.2) is 47.8 Å². The van der Waals surface area contributed by atoms with Gasteiger partial charge in [-0.15, -0.1) is 0 Å². The Bertz CT molecular complexity index is 900. The number of primary amides is 1. The first kappa shape index (κ1) is 23.8. The fourth-order valence-electron chi connectivity index (χ4n) is 4.65. The van der Waals surface area contributed by atoms with Crippen molar-refractivity contribution >= 4 is 29.3 Å². The van der Waals surface area contributed by atoms with Crippen LogP contribution in [0.2, 0.25) is 0 Å². The lowest BCUT2D eigenvalue weighted by atomic mass is 9.82. The largest absolute Gasteiger partial charge is 0.465 e. The highest BCUT2D eigenvalue weighted by atomic mass is 16.5. The van der Waals surface area contributed by atoms with Crippen molar-refractivity contribution in [2.24, 2.45) is 22.2 Å². The van der Waals surface area contributed by atoms with Crippen molar-refractivity contribution in [3.8, 4) is 0 Å². The maximum Gasteiger partial charge on any atom is 0.346 e. The Hall–Kier alpha value is -2.90. The monoisotopic (exact) mass is 442 g/mol. The molecule has 174 valence electrons. The molecule has 1 atom stereocenters. The van der Waals surface area contributed by atoms with Crippen LogP contribution < -0.4 is 10.6 Å². The number of hydrogen-bond acceptors (Lipinski definition) is 5. The Labute approximate surface area is 189 Å². The van der Waals surface area contributed by atoms with E-state index in [4.69, 9.17) is 15.6 Å². The maximum absolute atomic E-state index is 13.8. The first-order chi connectivity index (χ1) is 15.1. The van der Waals surface area contributed by atoms with Crippen molar-refractivity contribution in [2.45, 2.75) is 65.8 Å². The highest BCUT2D eigenvalue weighted by Crippen LogP contribution is 2.37. The topological polar surface area (TPSA) is 105 Å². The van der Waals surface area contributed by atoms with E-state index in [0.29, 0.717) is 5.69 Å². The van der Waals surface area contributed by atoms with E-state index < -0.39 is 29.4 Å². The molecule has 2 N–H and O–H groups in total. The van der Waals surface area contributed by atoms with Gasteiger partial charge in [0.1, 0.15) is 12.6 Å². The van der Waals surface area contributed by atoms with E-state index >= 15 is 0 Å². The van der Waals surface area contributed by atoms with Crippen LogP contribution in [0.5, 0.6) is 0 Å². The minimum atomic E-state index is -0.929. The number of amides is 3. The number of esters is 1. The van der Waals surface area contributed by atoms with Gasteiger partial charge in [0.25, 0.3) is 0 Å². The molecule has 8 heteroatoms. The molecule has 1 aliphatic carbocycles. The SMILES string of the molecule is CCOC(=O)CN1N=C(C2CCCCC2)c2ccccc2N(C(C(N)=O)C(C)(C)C)C1=O. The first-order valence-corrected chi connectivity index (χ1v) is 11.4. The van der Waals surface area contributed by atoms with Crippen LogP contribution in [-0.2, 0) is 14.3 Å². The van der Waals surface area contributed by atoms with Crippen LogP contribution in [0.1, 0.15) is 65.4 Å². The molecular weight excluding hydrogens is 408 g/mol. The van der Waals surface area contributed by atoms with Crippen LogP contribution in [0, 0.1) is 11.3 Å². The number of hydrazone groups is 1. The number of carbonyl (C=O) groups excluding carboxylic acids is 3. The van der Waals surface area contributed by atoms with Gasteiger partial charge < -0.3 is 10.5 Å². The second-order valence-electron chi connectivity index (χ2n) is 9.52.